The highest BCUT2D eigenvalue weighted by Crippen LogP contribution is 2.36. The minimum Gasteiger partial charge on any atom is -0.479 e. The minimum atomic E-state index is -4.50. The highest BCUT2D eigenvalue weighted by Gasteiger charge is 2.31. The number of nitrogens with zero attached hydrogens (tertiary/aromatic N) is 2. The second-order valence-corrected chi connectivity index (χ2v) is 6.53. The number of aromatic nitrogens is 2. The lowest BCUT2D eigenvalue weighted by Crippen LogP contribution is -2.27. The highest BCUT2D eigenvalue weighted by molar-refractivity contribution is 6.32. The molecule has 0 spiro atoms. The Labute approximate surface area is 174 Å². The molecule has 1 heterocycles. The number of hydrogen-bond donors (Lipinski definition) is 0. The molecule has 0 N–H and O–H groups in total. The average Bonchev–Trinajstić information content (AvgIpc) is 3.21. The molecule has 0 saturated carbocycles. The third kappa shape index (κ3) is 5.66. The summed E-state index contributed by atoms with van der Waals surface area (Å²) < 4.78 is 55.9. The number of carbonyl (C=O) groups is 1. The van der Waals surface area contributed by atoms with E-state index in [0.29, 0.717) is 5.75 Å². The fourth-order valence-electron chi connectivity index (χ4n) is 2.37. The molecule has 158 valence electrons. The number of alkyl halides is 3. The molecule has 0 aliphatic rings. The maximum absolute atomic E-state index is 12.7. The van der Waals surface area contributed by atoms with E-state index in [1.807, 2.05) is 0 Å². The summed E-state index contributed by atoms with van der Waals surface area (Å²) in [7, 11) is 0. The minimum absolute atomic E-state index is 0.0465. The Hall–Kier alpha value is -3.20. The van der Waals surface area contributed by atoms with Crippen LogP contribution in [0.25, 0.3) is 0 Å². The molecule has 10 heteroatoms. The number of ether oxygens (including phenoxy) is 3. The van der Waals surface area contributed by atoms with Gasteiger partial charge in [0.1, 0.15) is 17.2 Å². The first-order chi connectivity index (χ1) is 14.2. The molecule has 0 amide bonds. The Morgan fingerprint density at radius 2 is 1.93 bits per heavy atom. The van der Waals surface area contributed by atoms with Crippen LogP contribution in [0.4, 0.5) is 13.2 Å². The van der Waals surface area contributed by atoms with Crippen LogP contribution in [0.5, 0.6) is 17.2 Å². The molecule has 3 rings (SSSR count). The Morgan fingerprint density at radius 1 is 1.17 bits per heavy atom. The Balaban J connectivity index is 1.62. The van der Waals surface area contributed by atoms with E-state index in [1.165, 1.54) is 17.7 Å². The number of halogens is 4. The maximum Gasteiger partial charge on any atom is 0.416 e. The van der Waals surface area contributed by atoms with Gasteiger partial charge in [-0.1, -0.05) is 17.7 Å². The molecule has 0 saturated heterocycles. The summed E-state index contributed by atoms with van der Waals surface area (Å²) in [6.07, 6.45) is -2.21. The highest BCUT2D eigenvalue weighted by atomic mass is 35.5. The third-order valence-electron chi connectivity index (χ3n) is 3.84. The van der Waals surface area contributed by atoms with Gasteiger partial charge in [-0.3, -0.25) is 0 Å². The quantitative estimate of drug-likeness (QED) is 0.465. The first-order valence-corrected chi connectivity index (χ1v) is 9.05. The molecule has 0 aliphatic carbocycles. The smallest absolute Gasteiger partial charge is 0.416 e. The van der Waals surface area contributed by atoms with Gasteiger partial charge in [-0.05, 0) is 43.3 Å². The van der Waals surface area contributed by atoms with Crippen molar-refractivity contribution < 1.29 is 32.2 Å². The normalized spacial score (nSPS) is 12.3. The van der Waals surface area contributed by atoms with E-state index in [1.54, 1.807) is 36.7 Å². The van der Waals surface area contributed by atoms with Crippen molar-refractivity contribution in [2.24, 2.45) is 0 Å². The molecule has 1 atom stereocenters. The van der Waals surface area contributed by atoms with Crippen molar-refractivity contribution in [1.82, 2.24) is 9.78 Å². The number of esters is 1. The third-order valence-corrected chi connectivity index (χ3v) is 4.13. The van der Waals surface area contributed by atoms with Gasteiger partial charge < -0.3 is 14.2 Å². The van der Waals surface area contributed by atoms with Crippen LogP contribution in [-0.2, 0) is 22.4 Å². The van der Waals surface area contributed by atoms with Crippen LogP contribution in [-0.4, -0.2) is 21.9 Å². The molecule has 0 aliphatic heterocycles. The predicted octanol–water partition coefficient (Wildman–Crippen LogP) is 5.32. The molecule has 6 nitrogen and oxygen atoms in total. The van der Waals surface area contributed by atoms with Crippen LogP contribution >= 0.6 is 11.6 Å². The van der Waals surface area contributed by atoms with Crippen molar-refractivity contribution >= 4 is 17.6 Å². The van der Waals surface area contributed by atoms with E-state index in [2.05, 4.69) is 5.10 Å². The van der Waals surface area contributed by atoms with E-state index < -0.39 is 23.8 Å². The second kappa shape index (κ2) is 9.08. The molecular formula is C20H16ClF3N2O4. The van der Waals surface area contributed by atoms with Gasteiger partial charge in [-0.25, -0.2) is 9.48 Å². The molecule has 2 aromatic carbocycles. The van der Waals surface area contributed by atoms with Gasteiger partial charge in [0.25, 0.3) is 0 Å². The van der Waals surface area contributed by atoms with Crippen LogP contribution in [0.2, 0.25) is 5.02 Å². The topological polar surface area (TPSA) is 62.6 Å². The van der Waals surface area contributed by atoms with Crippen LogP contribution < -0.4 is 9.47 Å². The van der Waals surface area contributed by atoms with E-state index in [0.717, 1.165) is 18.2 Å². The fraction of sp³-hybridized carbons (Fsp3) is 0.200. The number of hydrogen-bond acceptors (Lipinski definition) is 5. The molecule has 30 heavy (non-hydrogen) atoms. The first-order valence-electron chi connectivity index (χ1n) is 8.68. The van der Waals surface area contributed by atoms with Gasteiger partial charge in [0.2, 0.25) is 0 Å². The summed E-state index contributed by atoms with van der Waals surface area (Å²) in [6.45, 7) is 1.47. The van der Waals surface area contributed by atoms with Crippen molar-refractivity contribution in [2.45, 2.75) is 25.9 Å². The van der Waals surface area contributed by atoms with E-state index in [-0.39, 0.29) is 23.3 Å². The summed E-state index contributed by atoms with van der Waals surface area (Å²) in [4.78, 5) is 12.0. The molecule has 0 fully saturated rings. The van der Waals surface area contributed by atoms with Gasteiger partial charge in [-0.2, -0.15) is 18.3 Å². The summed E-state index contributed by atoms with van der Waals surface area (Å²) in [5, 5.41) is 3.73. The standard InChI is InChI=1S/C20H16ClF3N2O4/c1-13(19(27)28-12-26-9-3-8-25-26)29-15-4-2-5-16(11-15)30-18-7-6-14(10-17(18)21)20(22,23)24/h2-11,13H,12H2,1H3. The Morgan fingerprint density at radius 3 is 2.60 bits per heavy atom. The zero-order chi connectivity index (χ0) is 21.7. The van der Waals surface area contributed by atoms with Gasteiger partial charge in [-0.15, -0.1) is 0 Å². The van der Waals surface area contributed by atoms with Gasteiger partial charge in [0.15, 0.2) is 12.8 Å². The summed E-state index contributed by atoms with van der Waals surface area (Å²) in [5.74, 6) is 0.0291. The summed E-state index contributed by atoms with van der Waals surface area (Å²) in [5.41, 5.74) is -0.876. The Bertz CT molecular complexity index is 1010. The van der Waals surface area contributed by atoms with E-state index in [4.69, 9.17) is 25.8 Å². The molecular weight excluding hydrogens is 425 g/mol. The maximum atomic E-state index is 12.7. The average molecular weight is 441 g/mol. The van der Waals surface area contributed by atoms with Crippen LogP contribution in [0.15, 0.2) is 60.9 Å². The van der Waals surface area contributed by atoms with Crippen molar-refractivity contribution in [3.05, 3.63) is 71.5 Å². The first kappa shape index (κ1) is 21.5. The van der Waals surface area contributed by atoms with Crippen LogP contribution in [0, 0.1) is 0 Å². The SMILES string of the molecule is CC(Oc1cccc(Oc2ccc(C(F)(F)F)cc2Cl)c1)C(=O)OCn1cccn1. The second-order valence-electron chi connectivity index (χ2n) is 6.12. The number of carbonyl (C=O) groups excluding carboxylic acids is 1. The monoisotopic (exact) mass is 440 g/mol. The summed E-state index contributed by atoms with van der Waals surface area (Å²) in [6, 6.07) is 10.7. The van der Waals surface area contributed by atoms with Crippen molar-refractivity contribution in [1.29, 1.82) is 0 Å². The lowest BCUT2D eigenvalue weighted by atomic mass is 10.2. The largest absolute Gasteiger partial charge is 0.479 e. The Kier molecular flexibility index (Phi) is 6.51. The molecule has 0 bridgehead atoms. The van der Waals surface area contributed by atoms with Gasteiger partial charge >= 0.3 is 12.1 Å². The number of rotatable bonds is 7. The van der Waals surface area contributed by atoms with E-state index >= 15 is 0 Å². The van der Waals surface area contributed by atoms with Crippen molar-refractivity contribution in [2.75, 3.05) is 0 Å². The zero-order valence-corrected chi connectivity index (χ0v) is 16.4. The summed E-state index contributed by atoms with van der Waals surface area (Å²) >= 11 is 5.90. The van der Waals surface area contributed by atoms with Gasteiger partial charge in [0, 0.05) is 18.5 Å². The predicted molar refractivity (Wildman–Crippen MR) is 101 cm³/mol. The van der Waals surface area contributed by atoms with Crippen molar-refractivity contribution in [3.8, 4) is 17.2 Å². The number of benzene rings is 2. The lowest BCUT2D eigenvalue weighted by Gasteiger charge is -2.15. The molecule has 1 unspecified atom stereocenters. The zero-order valence-electron chi connectivity index (χ0n) is 15.6. The molecule has 1 aromatic heterocycles. The van der Waals surface area contributed by atoms with Gasteiger partial charge in [0.05, 0.1) is 10.6 Å². The van der Waals surface area contributed by atoms with Crippen LogP contribution in [0.1, 0.15) is 12.5 Å². The van der Waals surface area contributed by atoms with Crippen LogP contribution in [0.3, 0.4) is 0 Å². The van der Waals surface area contributed by atoms with Crippen molar-refractivity contribution in [3.63, 3.8) is 0 Å². The lowest BCUT2D eigenvalue weighted by molar-refractivity contribution is -0.155. The van der Waals surface area contributed by atoms with E-state index in [9.17, 15) is 18.0 Å². The molecule has 3 aromatic rings. The fourth-order valence-corrected chi connectivity index (χ4v) is 2.59. The molecule has 0 radical (unpaired) electrons.